The van der Waals surface area contributed by atoms with Gasteiger partial charge in [0.15, 0.2) is 11.9 Å². The smallest absolute Gasteiger partial charge is 0.164 e. The van der Waals surface area contributed by atoms with Gasteiger partial charge in [0.1, 0.15) is 5.75 Å². The average molecular weight is 218 g/mol. The molecule has 0 saturated heterocycles. The highest BCUT2D eigenvalue weighted by atomic mass is 16.5. The van der Waals surface area contributed by atoms with Crippen LogP contribution in [0, 0.1) is 6.92 Å². The Morgan fingerprint density at radius 1 is 1.12 bits per heavy atom. The van der Waals surface area contributed by atoms with Gasteiger partial charge in [-0.3, -0.25) is 4.79 Å². The zero-order valence-corrected chi connectivity index (χ0v) is 9.74. The fraction of sp³-hybridized carbons (Fsp3) is 0.500. The van der Waals surface area contributed by atoms with Crippen LogP contribution >= 0.6 is 0 Å². The van der Waals surface area contributed by atoms with Crippen LogP contribution in [0.2, 0.25) is 0 Å². The highest BCUT2D eigenvalue weighted by Crippen LogP contribution is 2.31. The standard InChI is InChI=1S/C14H18O2/c1-12-5-7-13(8-6-12)16-14(11-15)9-3-2-4-10-14/h5-8,11H,2-4,9-10H2,1H3. The van der Waals surface area contributed by atoms with Gasteiger partial charge >= 0.3 is 0 Å². The van der Waals surface area contributed by atoms with Gasteiger partial charge in [-0.15, -0.1) is 0 Å². The second kappa shape index (κ2) is 4.69. The van der Waals surface area contributed by atoms with Crippen LogP contribution in [0.3, 0.4) is 0 Å². The van der Waals surface area contributed by atoms with E-state index in [4.69, 9.17) is 4.74 Å². The minimum atomic E-state index is -0.562. The van der Waals surface area contributed by atoms with E-state index in [1.807, 2.05) is 31.2 Å². The van der Waals surface area contributed by atoms with Crippen molar-refractivity contribution in [2.45, 2.75) is 44.6 Å². The van der Waals surface area contributed by atoms with Crippen molar-refractivity contribution in [3.8, 4) is 5.75 Å². The number of rotatable bonds is 3. The predicted octanol–water partition coefficient (Wildman–Crippen LogP) is 3.28. The molecule has 2 heteroatoms. The molecule has 0 unspecified atom stereocenters. The van der Waals surface area contributed by atoms with Crippen LogP contribution in [-0.4, -0.2) is 11.9 Å². The number of aldehydes is 1. The lowest BCUT2D eigenvalue weighted by Crippen LogP contribution is -2.39. The van der Waals surface area contributed by atoms with Crippen molar-refractivity contribution < 1.29 is 9.53 Å². The van der Waals surface area contributed by atoms with Crippen molar-refractivity contribution in [2.75, 3.05) is 0 Å². The molecule has 1 saturated carbocycles. The Labute approximate surface area is 96.6 Å². The van der Waals surface area contributed by atoms with Crippen LogP contribution in [0.15, 0.2) is 24.3 Å². The molecule has 86 valence electrons. The molecule has 0 aromatic heterocycles. The second-order valence-corrected chi connectivity index (χ2v) is 4.66. The summed E-state index contributed by atoms with van der Waals surface area (Å²) in [5, 5.41) is 0. The Morgan fingerprint density at radius 3 is 2.31 bits per heavy atom. The summed E-state index contributed by atoms with van der Waals surface area (Å²) in [7, 11) is 0. The van der Waals surface area contributed by atoms with Gasteiger partial charge in [0.25, 0.3) is 0 Å². The lowest BCUT2D eigenvalue weighted by atomic mass is 9.86. The first-order chi connectivity index (χ1) is 7.74. The fourth-order valence-corrected chi connectivity index (χ4v) is 2.24. The molecule has 1 aliphatic carbocycles. The van der Waals surface area contributed by atoms with Crippen LogP contribution in [0.1, 0.15) is 37.7 Å². The van der Waals surface area contributed by atoms with E-state index in [-0.39, 0.29) is 0 Å². The van der Waals surface area contributed by atoms with Crippen molar-refractivity contribution in [1.29, 1.82) is 0 Å². The van der Waals surface area contributed by atoms with Gasteiger partial charge in [0, 0.05) is 0 Å². The Morgan fingerprint density at radius 2 is 1.75 bits per heavy atom. The Bertz CT molecular complexity index is 348. The Balaban J connectivity index is 2.11. The van der Waals surface area contributed by atoms with Gasteiger partial charge in [-0.1, -0.05) is 24.1 Å². The largest absolute Gasteiger partial charge is 0.480 e. The number of hydrogen-bond donors (Lipinski definition) is 0. The molecule has 0 aliphatic heterocycles. The van der Waals surface area contributed by atoms with E-state index in [9.17, 15) is 4.79 Å². The molecule has 2 nitrogen and oxygen atoms in total. The molecule has 0 amide bonds. The first-order valence-electron chi connectivity index (χ1n) is 5.96. The molecule has 1 fully saturated rings. The van der Waals surface area contributed by atoms with Crippen LogP contribution in [0.5, 0.6) is 5.75 Å². The van der Waals surface area contributed by atoms with Crippen molar-refractivity contribution >= 4 is 6.29 Å². The summed E-state index contributed by atoms with van der Waals surface area (Å²) in [5.41, 5.74) is 0.643. The summed E-state index contributed by atoms with van der Waals surface area (Å²) in [6, 6.07) is 7.90. The number of hydrogen-bond acceptors (Lipinski definition) is 2. The molecule has 16 heavy (non-hydrogen) atoms. The third kappa shape index (κ3) is 2.43. The van der Waals surface area contributed by atoms with Gasteiger partial charge in [-0.2, -0.15) is 0 Å². The highest BCUT2D eigenvalue weighted by molar-refractivity contribution is 5.63. The van der Waals surface area contributed by atoms with E-state index in [1.54, 1.807) is 0 Å². The van der Waals surface area contributed by atoms with Crippen molar-refractivity contribution in [2.24, 2.45) is 0 Å². The highest BCUT2D eigenvalue weighted by Gasteiger charge is 2.33. The van der Waals surface area contributed by atoms with Crippen molar-refractivity contribution in [1.82, 2.24) is 0 Å². The maximum absolute atomic E-state index is 11.2. The van der Waals surface area contributed by atoms with E-state index < -0.39 is 5.60 Å². The van der Waals surface area contributed by atoms with E-state index in [0.717, 1.165) is 37.7 Å². The molecule has 1 aromatic carbocycles. The Hall–Kier alpha value is -1.31. The molecule has 0 spiro atoms. The molecule has 1 aliphatic rings. The second-order valence-electron chi connectivity index (χ2n) is 4.66. The summed E-state index contributed by atoms with van der Waals surface area (Å²) in [5.74, 6) is 0.805. The van der Waals surface area contributed by atoms with Gasteiger partial charge in [0.2, 0.25) is 0 Å². The first kappa shape index (κ1) is 11.2. The first-order valence-corrected chi connectivity index (χ1v) is 5.96. The lowest BCUT2D eigenvalue weighted by molar-refractivity contribution is -0.124. The van der Waals surface area contributed by atoms with Crippen LogP contribution < -0.4 is 4.74 Å². The lowest BCUT2D eigenvalue weighted by Gasteiger charge is -2.32. The van der Waals surface area contributed by atoms with E-state index in [1.165, 1.54) is 12.0 Å². The molecule has 1 aromatic rings. The molecule has 2 rings (SSSR count). The molecule has 0 N–H and O–H groups in total. The van der Waals surface area contributed by atoms with Crippen molar-refractivity contribution in [3.05, 3.63) is 29.8 Å². The Kier molecular flexibility index (Phi) is 3.28. The topological polar surface area (TPSA) is 26.3 Å². The van der Waals surface area contributed by atoms with Gasteiger partial charge < -0.3 is 4.74 Å². The molecular weight excluding hydrogens is 200 g/mol. The summed E-state index contributed by atoms with van der Waals surface area (Å²) < 4.78 is 5.88. The summed E-state index contributed by atoms with van der Waals surface area (Å²) in [4.78, 5) is 11.2. The van der Waals surface area contributed by atoms with Crippen LogP contribution in [0.4, 0.5) is 0 Å². The third-order valence-electron chi connectivity index (χ3n) is 3.26. The molecule has 0 heterocycles. The minimum absolute atomic E-state index is 0.562. The SMILES string of the molecule is Cc1ccc(OC2(C=O)CCCCC2)cc1. The maximum atomic E-state index is 11.2. The van der Waals surface area contributed by atoms with Crippen molar-refractivity contribution in [3.63, 3.8) is 0 Å². The molecule has 0 radical (unpaired) electrons. The normalized spacial score (nSPS) is 19.1. The summed E-state index contributed by atoms with van der Waals surface area (Å²) in [6.07, 6.45) is 6.09. The fourth-order valence-electron chi connectivity index (χ4n) is 2.24. The number of benzene rings is 1. The van der Waals surface area contributed by atoms with Gasteiger partial charge in [-0.05, 0) is 44.7 Å². The number of ether oxygens (including phenoxy) is 1. The van der Waals surface area contributed by atoms with Gasteiger partial charge in [0.05, 0.1) is 0 Å². The summed E-state index contributed by atoms with van der Waals surface area (Å²) in [6.45, 7) is 2.04. The predicted molar refractivity (Wildman–Crippen MR) is 63.7 cm³/mol. The number of carbonyl (C=O) groups excluding carboxylic acids is 1. The zero-order chi connectivity index (χ0) is 11.4. The quantitative estimate of drug-likeness (QED) is 0.728. The number of carbonyl (C=O) groups is 1. The third-order valence-corrected chi connectivity index (χ3v) is 3.26. The maximum Gasteiger partial charge on any atom is 0.164 e. The zero-order valence-electron chi connectivity index (χ0n) is 9.74. The molecule has 0 bridgehead atoms. The summed E-state index contributed by atoms with van der Waals surface area (Å²) >= 11 is 0. The van der Waals surface area contributed by atoms with E-state index >= 15 is 0 Å². The van der Waals surface area contributed by atoms with Crippen LogP contribution in [0.25, 0.3) is 0 Å². The molecular formula is C14H18O2. The van der Waals surface area contributed by atoms with E-state index in [0.29, 0.717) is 0 Å². The minimum Gasteiger partial charge on any atom is -0.480 e. The van der Waals surface area contributed by atoms with Crippen LogP contribution in [-0.2, 0) is 4.79 Å². The van der Waals surface area contributed by atoms with E-state index in [2.05, 4.69) is 0 Å². The monoisotopic (exact) mass is 218 g/mol. The average Bonchev–Trinajstić information content (AvgIpc) is 2.33. The molecule has 0 atom stereocenters. The van der Waals surface area contributed by atoms with Gasteiger partial charge in [-0.25, -0.2) is 0 Å². The number of aryl methyl sites for hydroxylation is 1.